The lowest BCUT2D eigenvalue weighted by atomic mass is 9.90. The molecule has 0 spiro atoms. The molecule has 152 valence electrons. The van der Waals surface area contributed by atoms with Gasteiger partial charge in [-0.05, 0) is 30.3 Å². The number of benzene rings is 3. The molecule has 0 unspecified atom stereocenters. The lowest BCUT2D eigenvalue weighted by molar-refractivity contribution is -0.126. The van der Waals surface area contributed by atoms with Crippen molar-refractivity contribution < 1.29 is 14.4 Å². The van der Waals surface area contributed by atoms with Gasteiger partial charge in [0.1, 0.15) is 5.92 Å². The van der Waals surface area contributed by atoms with E-state index in [2.05, 4.69) is 4.98 Å². The molecule has 6 nitrogen and oxygen atoms in total. The molecule has 0 saturated carbocycles. The Bertz CT molecular complexity index is 1290. The summed E-state index contributed by atoms with van der Waals surface area (Å²) in [6, 6.07) is 26.2. The van der Waals surface area contributed by atoms with Gasteiger partial charge in [0.25, 0.3) is 5.91 Å². The van der Waals surface area contributed by atoms with Crippen molar-refractivity contribution in [2.75, 3.05) is 9.96 Å². The Morgan fingerprint density at radius 1 is 0.742 bits per heavy atom. The van der Waals surface area contributed by atoms with E-state index >= 15 is 0 Å². The molecule has 6 heteroatoms. The molecule has 2 saturated heterocycles. The zero-order valence-electron chi connectivity index (χ0n) is 16.5. The fraction of sp³-hybridized carbons (Fsp3) is 0.120. The number of anilines is 2. The Labute approximate surface area is 178 Å². The molecule has 3 heterocycles. The largest absolute Gasteiger partial charge is 0.361 e. The standard InChI is InChI=1S/C25H19N3O3/c29-24-21-22(19-15-26-20-14-8-7-13-18(19)20)28(17-11-5-2-6-12-17)31-23(21)25(30)27(24)16-9-3-1-4-10-16/h1-15,21-23,26H/t21-,22-,23+/m1/s1. The maximum absolute atomic E-state index is 13.6. The summed E-state index contributed by atoms with van der Waals surface area (Å²) in [4.78, 5) is 37.7. The second-order valence-electron chi connectivity index (χ2n) is 7.80. The van der Waals surface area contributed by atoms with Crippen molar-refractivity contribution in [3.63, 3.8) is 0 Å². The van der Waals surface area contributed by atoms with Gasteiger partial charge in [-0.25, -0.2) is 9.96 Å². The van der Waals surface area contributed by atoms with Crippen molar-refractivity contribution in [2.45, 2.75) is 12.1 Å². The molecule has 3 atom stereocenters. The van der Waals surface area contributed by atoms with E-state index in [-0.39, 0.29) is 11.8 Å². The second kappa shape index (κ2) is 6.82. The van der Waals surface area contributed by atoms with Crippen molar-refractivity contribution in [1.29, 1.82) is 0 Å². The van der Waals surface area contributed by atoms with E-state index < -0.39 is 18.1 Å². The van der Waals surface area contributed by atoms with Crippen LogP contribution in [-0.2, 0) is 14.4 Å². The molecular formula is C25H19N3O3. The number of hydrogen-bond acceptors (Lipinski definition) is 4. The van der Waals surface area contributed by atoms with Crippen LogP contribution in [0.5, 0.6) is 0 Å². The molecule has 2 aliphatic rings. The van der Waals surface area contributed by atoms with E-state index in [0.29, 0.717) is 5.69 Å². The number of rotatable bonds is 3. The smallest absolute Gasteiger partial charge is 0.266 e. The van der Waals surface area contributed by atoms with E-state index in [0.717, 1.165) is 22.2 Å². The number of aromatic amines is 1. The fourth-order valence-corrected chi connectivity index (χ4v) is 4.70. The number of fused-ring (bicyclic) bond motifs is 2. The maximum Gasteiger partial charge on any atom is 0.266 e. The SMILES string of the molecule is O=C1[C@H]2[C@H](ON(c3ccccc3)[C@@H]2c2c[nH]c3ccccc23)C(=O)N1c1ccccc1. The van der Waals surface area contributed by atoms with Crippen LogP contribution < -0.4 is 9.96 Å². The molecule has 2 fully saturated rings. The topological polar surface area (TPSA) is 65.6 Å². The highest BCUT2D eigenvalue weighted by molar-refractivity contribution is 6.24. The summed E-state index contributed by atoms with van der Waals surface area (Å²) in [5.74, 6) is -1.22. The third-order valence-corrected chi connectivity index (χ3v) is 6.08. The maximum atomic E-state index is 13.6. The van der Waals surface area contributed by atoms with Crippen LogP contribution in [0.15, 0.2) is 91.1 Å². The van der Waals surface area contributed by atoms with Crippen LogP contribution in [0.25, 0.3) is 10.9 Å². The molecule has 0 aliphatic carbocycles. The first-order valence-electron chi connectivity index (χ1n) is 10.2. The second-order valence-corrected chi connectivity index (χ2v) is 7.80. The molecule has 1 N–H and O–H groups in total. The van der Waals surface area contributed by atoms with Gasteiger partial charge in [0, 0.05) is 22.7 Å². The highest BCUT2D eigenvalue weighted by Crippen LogP contribution is 2.48. The highest BCUT2D eigenvalue weighted by atomic mass is 16.7. The third kappa shape index (κ3) is 2.62. The molecule has 2 amide bonds. The number of hydrogen-bond donors (Lipinski definition) is 1. The van der Waals surface area contributed by atoms with Crippen molar-refractivity contribution in [1.82, 2.24) is 4.98 Å². The molecule has 0 bridgehead atoms. The summed E-state index contributed by atoms with van der Waals surface area (Å²) in [6.45, 7) is 0. The summed E-state index contributed by atoms with van der Waals surface area (Å²) < 4.78 is 0. The number of nitrogens with one attached hydrogen (secondary N) is 1. The Morgan fingerprint density at radius 2 is 1.39 bits per heavy atom. The van der Waals surface area contributed by atoms with Crippen molar-refractivity contribution in [2.24, 2.45) is 5.92 Å². The van der Waals surface area contributed by atoms with Gasteiger partial charge in [-0.1, -0.05) is 54.6 Å². The number of imide groups is 1. The van der Waals surface area contributed by atoms with Gasteiger partial charge in [-0.3, -0.25) is 14.4 Å². The number of nitrogens with zero attached hydrogens (tertiary/aromatic N) is 2. The Morgan fingerprint density at radius 3 is 2.13 bits per heavy atom. The first kappa shape index (κ1) is 17.9. The van der Waals surface area contributed by atoms with Gasteiger partial charge in [0.05, 0.1) is 17.4 Å². The molecule has 31 heavy (non-hydrogen) atoms. The highest BCUT2D eigenvalue weighted by Gasteiger charge is 2.60. The normalized spacial score (nSPS) is 23.0. The van der Waals surface area contributed by atoms with Crippen LogP contribution in [0.4, 0.5) is 11.4 Å². The van der Waals surface area contributed by atoms with Crippen LogP contribution in [0.3, 0.4) is 0 Å². The van der Waals surface area contributed by atoms with E-state index in [1.807, 2.05) is 79.0 Å². The summed E-state index contributed by atoms with van der Waals surface area (Å²) in [5.41, 5.74) is 3.28. The lowest BCUT2D eigenvalue weighted by Gasteiger charge is -2.28. The summed E-state index contributed by atoms with van der Waals surface area (Å²) in [5, 5.41) is 2.74. The molecule has 1 aromatic heterocycles. The number of hydroxylamine groups is 1. The van der Waals surface area contributed by atoms with Gasteiger partial charge >= 0.3 is 0 Å². The van der Waals surface area contributed by atoms with Crippen LogP contribution in [0, 0.1) is 5.92 Å². The number of carbonyl (C=O) groups is 2. The number of H-pyrrole nitrogens is 1. The summed E-state index contributed by atoms with van der Waals surface area (Å²) in [7, 11) is 0. The van der Waals surface area contributed by atoms with E-state index in [1.54, 1.807) is 17.2 Å². The third-order valence-electron chi connectivity index (χ3n) is 6.08. The molecule has 0 radical (unpaired) electrons. The van der Waals surface area contributed by atoms with Crippen molar-refractivity contribution in [3.8, 4) is 0 Å². The Kier molecular flexibility index (Phi) is 3.94. The minimum Gasteiger partial charge on any atom is -0.361 e. The zero-order chi connectivity index (χ0) is 20.9. The number of aromatic nitrogens is 1. The molecule has 6 rings (SSSR count). The van der Waals surface area contributed by atoms with E-state index in [9.17, 15) is 9.59 Å². The predicted molar refractivity (Wildman–Crippen MR) is 117 cm³/mol. The predicted octanol–water partition coefficient (Wildman–Crippen LogP) is 4.22. The van der Waals surface area contributed by atoms with E-state index in [4.69, 9.17) is 4.84 Å². The monoisotopic (exact) mass is 409 g/mol. The van der Waals surface area contributed by atoms with Gasteiger partial charge in [0.2, 0.25) is 5.91 Å². The Balaban J connectivity index is 1.50. The van der Waals surface area contributed by atoms with E-state index in [1.165, 1.54) is 4.90 Å². The zero-order valence-corrected chi connectivity index (χ0v) is 16.5. The molecular weight excluding hydrogens is 390 g/mol. The fourth-order valence-electron chi connectivity index (χ4n) is 4.70. The minimum absolute atomic E-state index is 0.241. The van der Waals surface area contributed by atoms with Crippen molar-refractivity contribution in [3.05, 3.63) is 96.7 Å². The van der Waals surface area contributed by atoms with Gasteiger partial charge in [-0.2, -0.15) is 0 Å². The number of carbonyl (C=O) groups excluding carboxylic acids is 2. The first-order chi connectivity index (χ1) is 15.2. The van der Waals surface area contributed by atoms with Crippen molar-refractivity contribution >= 4 is 34.1 Å². The van der Waals surface area contributed by atoms with Crippen LogP contribution in [-0.4, -0.2) is 22.9 Å². The molecule has 2 aliphatic heterocycles. The Hall–Kier alpha value is -3.90. The van der Waals surface area contributed by atoms with Crippen LogP contribution in [0.2, 0.25) is 0 Å². The quantitative estimate of drug-likeness (QED) is 0.515. The lowest BCUT2D eigenvalue weighted by Crippen LogP contribution is -2.37. The van der Waals surface area contributed by atoms with Crippen LogP contribution >= 0.6 is 0 Å². The van der Waals surface area contributed by atoms with Gasteiger partial charge in [0.15, 0.2) is 6.10 Å². The summed E-state index contributed by atoms with van der Waals surface area (Å²) in [6.07, 6.45) is 1.05. The van der Waals surface area contributed by atoms with Gasteiger partial charge < -0.3 is 4.98 Å². The first-order valence-corrected chi connectivity index (χ1v) is 10.2. The number of amides is 2. The van der Waals surface area contributed by atoms with Gasteiger partial charge in [-0.15, -0.1) is 0 Å². The van der Waals surface area contributed by atoms with Crippen LogP contribution in [0.1, 0.15) is 11.6 Å². The minimum atomic E-state index is -0.869. The molecule has 4 aromatic rings. The average Bonchev–Trinajstić information content (AvgIpc) is 3.48. The summed E-state index contributed by atoms with van der Waals surface area (Å²) >= 11 is 0. The number of para-hydroxylation sites is 3. The molecule has 3 aromatic carbocycles. The average molecular weight is 409 g/mol.